The summed E-state index contributed by atoms with van der Waals surface area (Å²) < 4.78 is 64.8. The molecule has 1 saturated carbocycles. The first-order chi connectivity index (χ1) is 19.9. The molecule has 1 aliphatic rings. The second kappa shape index (κ2) is 12.5. The van der Waals surface area contributed by atoms with E-state index < -0.39 is 69.5 Å². The van der Waals surface area contributed by atoms with Crippen LogP contribution in [0.2, 0.25) is 20.1 Å². The Bertz CT molecular complexity index is 1630. The van der Waals surface area contributed by atoms with E-state index in [2.05, 4.69) is 10.6 Å². The largest absolute Gasteiger partial charge is 0.397 e. The van der Waals surface area contributed by atoms with Gasteiger partial charge in [-0.1, -0.05) is 46.4 Å². The van der Waals surface area contributed by atoms with Crippen molar-refractivity contribution < 1.29 is 36.3 Å². The Morgan fingerprint density at radius 3 is 2.07 bits per heavy atom. The van der Waals surface area contributed by atoms with Crippen molar-refractivity contribution in [1.82, 2.24) is 0 Å². The third kappa shape index (κ3) is 7.41. The van der Waals surface area contributed by atoms with Crippen LogP contribution in [0.1, 0.15) is 28.3 Å². The molecule has 3 amide bonds. The number of amides is 3. The molecule has 3 aromatic carbocycles. The van der Waals surface area contributed by atoms with E-state index in [9.17, 15) is 36.3 Å². The molecular formula is C26H14Cl6F5N3O3. The summed E-state index contributed by atoms with van der Waals surface area (Å²) in [4.78, 5) is 37.5. The first kappa shape index (κ1) is 33.4. The zero-order chi connectivity index (χ0) is 32.0. The summed E-state index contributed by atoms with van der Waals surface area (Å²) in [6.07, 6.45) is -6.92. The van der Waals surface area contributed by atoms with E-state index in [4.69, 9.17) is 69.6 Å². The van der Waals surface area contributed by atoms with Crippen molar-refractivity contribution in [1.29, 1.82) is 0 Å². The quantitative estimate of drug-likeness (QED) is 0.129. The van der Waals surface area contributed by atoms with Gasteiger partial charge in [0.05, 0.1) is 37.3 Å². The predicted octanol–water partition coefficient (Wildman–Crippen LogP) is 9.25. The summed E-state index contributed by atoms with van der Waals surface area (Å²) in [7, 11) is 0. The van der Waals surface area contributed by atoms with Crippen LogP contribution in [0.4, 0.5) is 39.0 Å². The summed E-state index contributed by atoms with van der Waals surface area (Å²) in [5.74, 6) is -8.04. The van der Waals surface area contributed by atoms with Crippen LogP contribution in [0.3, 0.4) is 0 Å². The summed E-state index contributed by atoms with van der Waals surface area (Å²) in [5, 5.41) is 6.37. The van der Waals surface area contributed by atoms with Crippen LogP contribution in [0.15, 0.2) is 42.5 Å². The molecule has 4 rings (SSSR count). The van der Waals surface area contributed by atoms with Gasteiger partial charge in [0.2, 0.25) is 11.8 Å². The van der Waals surface area contributed by atoms with Gasteiger partial charge in [-0.15, -0.1) is 23.2 Å². The second-order valence-electron chi connectivity index (χ2n) is 9.19. The average Bonchev–Trinajstić information content (AvgIpc) is 3.48. The summed E-state index contributed by atoms with van der Waals surface area (Å²) in [6.45, 7) is 0. The van der Waals surface area contributed by atoms with E-state index in [0.29, 0.717) is 11.6 Å². The minimum absolute atomic E-state index is 0.0567. The average molecular weight is 724 g/mol. The van der Waals surface area contributed by atoms with Crippen molar-refractivity contribution in [3.8, 4) is 0 Å². The summed E-state index contributed by atoms with van der Waals surface area (Å²) in [5.41, 5.74) is -1.66. The zero-order valence-electron chi connectivity index (χ0n) is 20.8. The maximum Gasteiger partial charge on any atom is 0.397 e. The first-order valence-corrected chi connectivity index (χ1v) is 14.0. The number of hydrogen-bond donors (Lipinski definition) is 3. The Kier molecular flexibility index (Phi) is 9.66. The van der Waals surface area contributed by atoms with E-state index in [1.807, 2.05) is 0 Å². The highest BCUT2D eigenvalue weighted by Gasteiger charge is 2.67. The molecule has 0 radical (unpaired) electrons. The molecular weight excluding hydrogens is 710 g/mol. The molecule has 0 aliphatic heterocycles. The highest BCUT2D eigenvalue weighted by atomic mass is 35.5. The number of nitrogens with one attached hydrogen (secondary N) is 3. The molecule has 0 unspecified atom stereocenters. The molecule has 3 N–H and O–H groups in total. The van der Waals surface area contributed by atoms with Crippen LogP contribution in [0.5, 0.6) is 0 Å². The van der Waals surface area contributed by atoms with Crippen molar-refractivity contribution in [3.05, 3.63) is 85.3 Å². The van der Waals surface area contributed by atoms with Crippen molar-refractivity contribution in [3.63, 3.8) is 0 Å². The Hall–Kier alpha value is -2.54. The van der Waals surface area contributed by atoms with E-state index in [1.54, 1.807) is 0 Å². The van der Waals surface area contributed by atoms with Crippen LogP contribution in [-0.4, -0.2) is 28.2 Å². The molecule has 0 aromatic heterocycles. The zero-order valence-corrected chi connectivity index (χ0v) is 25.3. The number of carbonyl (C=O) groups is 3. The molecule has 0 saturated heterocycles. The topological polar surface area (TPSA) is 87.3 Å². The lowest BCUT2D eigenvalue weighted by Crippen LogP contribution is -2.23. The number of anilines is 3. The minimum atomic E-state index is -4.92. The number of carbonyl (C=O) groups excluding carboxylic acids is 3. The van der Waals surface area contributed by atoms with Gasteiger partial charge in [0.1, 0.15) is 22.3 Å². The highest BCUT2D eigenvalue weighted by Crippen LogP contribution is 2.65. The van der Waals surface area contributed by atoms with Gasteiger partial charge in [-0.25, -0.2) is 8.78 Å². The Morgan fingerprint density at radius 1 is 0.837 bits per heavy atom. The van der Waals surface area contributed by atoms with Crippen LogP contribution in [0, 0.1) is 17.6 Å². The maximum absolute atomic E-state index is 14.9. The predicted molar refractivity (Wildman–Crippen MR) is 156 cm³/mol. The van der Waals surface area contributed by atoms with Crippen LogP contribution in [-0.2, 0) is 9.59 Å². The van der Waals surface area contributed by atoms with E-state index in [1.165, 1.54) is 29.6 Å². The molecule has 1 aliphatic carbocycles. The van der Waals surface area contributed by atoms with Gasteiger partial charge >= 0.3 is 6.18 Å². The lowest BCUT2D eigenvalue weighted by molar-refractivity contribution is -0.150. The van der Waals surface area contributed by atoms with Gasteiger partial charge < -0.3 is 16.0 Å². The highest BCUT2D eigenvalue weighted by molar-refractivity contribution is 6.54. The maximum atomic E-state index is 14.9. The third-order valence-corrected chi connectivity index (χ3v) is 8.61. The van der Waals surface area contributed by atoms with Crippen molar-refractivity contribution in [2.75, 3.05) is 16.0 Å². The van der Waals surface area contributed by atoms with Crippen molar-refractivity contribution in [2.24, 2.45) is 5.92 Å². The smallest absolute Gasteiger partial charge is 0.326 e. The molecule has 0 bridgehead atoms. The number of hydrogen-bond acceptors (Lipinski definition) is 3. The fraction of sp³-hybridized carbons (Fsp3) is 0.192. The normalized spacial score (nSPS) is 17.3. The molecule has 0 spiro atoms. The second-order valence-corrected chi connectivity index (χ2v) is 12.2. The molecule has 3 aromatic rings. The monoisotopic (exact) mass is 721 g/mol. The van der Waals surface area contributed by atoms with E-state index in [0.717, 1.165) is 12.1 Å². The minimum Gasteiger partial charge on any atom is -0.326 e. The van der Waals surface area contributed by atoms with Crippen LogP contribution < -0.4 is 16.0 Å². The number of alkyl halides is 5. The molecule has 1 fully saturated rings. The fourth-order valence-corrected chi connectivity index (χ4v) is 5.78. The Morgan fingerprint density at radius 2 is 1.47 bits per heavy atom. The number of benzene rings is 3. The third-order valence-electron chi connectivity index (χ3n) is 6.14. The van der Waals surface area contributed by atoms with E-state index >= 15 is 0 Å². The standard InChI is InChI=1S/C26H14Cl6F5N3O3/c27-12-2-1-10(38-24(43)19-18(26(19,31)32)9-5-13(28)20(30)14(29)6-9)7-11(12)23(42)39-16-4-3-15(33)22(21(16)34)40-17(41)8-25(35,36)37/h1-7,18-19H,8H2,(H,38,43)(H,39,42)(H,40,41)/t18-,19+/m0/s1. The van der Waals surface area contributed by atoms with E-state index in [-0.39, 0.29) is 31.3 Å². The van der Waals surface area contributed by atoms with Gasteiger partial charge in [0.25, 0.3) is 5.91 Å². The molecule has 6 nitrogen and oxygen atoms in total. The van der Waals surface area contributed by atoms with Crippen molar-refractivity contribution in [2.45, 2.75) is 22.8 Å². The van der Waals surface area contributed by atoms with Gasteiger partial charge in [0, 0.05) is 11.6 Å². The van der Waals surface area contributed by atoms with Crippen molar-refractivity contribution >= 4 is 104 Å². The van der Waals surface area contributed by atoms with Crippen LogP contribution in [0.25, 0.3) is 0 Å². The number of rotatable bonds is 7. The van der Waals surface area contributed by atoms with Gasteiger partial charge in [0.15, 0.2) is 5.82 Å². The number of halogens is 11. The van der Waals surface area contributed by atoms with Gasteiger partial charge in [-0.05, 0) is 48.0 Å². The lowest BCUT2D eigenvalue weighted by Gasteiger charge is -2.14. The molecule has 43 heavy (non-hydrogen) atoms. The molecule has 17 heteroatoms. The SMILES string of the molecule is O=C(CC(F)(F)F)Nc1c(F)ccc(NC(=O)c2cc(NC(=O)[C@H]3[C@H](c4cc(Cl)c(Cl)c(Cl)c4)C3(Cl)Cl)ccc2Cl)c1F. The Labute approximate surface area is 269 Å². The fourth-order valence-electron chi connectivity index (χ4n) is 4.14. The Balaban J connectivity index is 1.51. The molecule has 0 heterocycles. The molecule has 2 atom stereocenters. The van der Waals surface area contributed by atoms with Gasteiger partial charge in [-0.3, -0.25) is 14.4 Å². The summed E-state index contributed by atoms with van der Waals surface area (Å²) >= 11 is 37.0. The lowest BCUT2D eigenvalue weighted by atomic mass is 10.1. The summed E-state index contributed by atoms with van der Waals surface area (Å²) in [6, 6.07) is 8.08. The molecule has 228 valence electrons. The van der Waals surface area contributed by atoms with Gasteiger partial charge in [-0.2, -0.15) is 13.2 Å². The first-order valence-electron chi connectivity index (χ1n) is 11.7. The van der Waals surface area contributed by atoms with Crippen LogP contribution >= 0.6 is 69.6 Å².